The molecule has 0 radical (unpaired) electrons. The monoisotopic (exact) mass is 1370 g/mol. The first-order chi connectivity index (χ1) is 47.4. The number of likely N-dealkylation sites (tertiary alicyclic amines) is 1. The largest absolute Gasteiger partial charge is 0.480 e. The summed E-state index contributed by atoms with van der Waals surface area (Å²) in [5.74, 6) is -8.50. The predicted molar refractivity (Wildman–Crippen MR) is 372 cm³/mol. The number of nitrogens with one attached hydrogen (secondary N) is 10. The van der Waals surface area contributed by atoms with E-state index in [9.17, 15) is 63.0 Å². The van der Waals surface area contributed by atoms with E-state index in [0.717, 1.165) is 16.3 Å². The summed E-state index contributed by atoms with van der Waals surface area (Å²) in [6.07, 6.45) is 5.20. The fraction of sp³-hybridized carbons (Fsp3) is 0.472. The smallest absolute Gasteiger partial charge is 0.325 e. The van der Waals surface area contributed by atoms with E-state index in [0.29, 0.717) is 42.5 Å². The number of unbranched alkanes of at least 4 members (excludes halogenated alkanes) is 2. The molecule has 16 N–H and O–H groups in total. The van der Waals surface area contributed by atoms with Gasteiger partial charge in [0.2, 0.25) is 53.2 Å². The summed E-state index contributed by atoms with van der Waals surface area (Å²) in [5.41, 5.74) is 14.3. The van der Waals surface area contributed by atoms with Crippen molar-refractivity contribution in [2.24, 2.45) is 17.4 Å². The molecule has 10 atom stereocenters. The standard InChI is InChI=1S/C72H98N14O13/c1-44(2)36-56(64(90)80-55(28-15-16-33-76-45(3)4)70(96)86-35-19-29-61(86)69(95)78-46(5)71(97)98)82-63(89)54(27-14-17-34-77-72(74)99)79-65(91)58(40-48-22-10-7-11-23-48)84-68(94)60(43-87)85-67(93)59(41-50-24-18-32-75-42-50)83-66(92)57(39-47-20-8-6-9-21-47)81-62(88)53(73)38-49-30-31-51-25-12-13-26-52(51)37-49/h6-13,18,20-26,30-32,37,42,44-46,53-61,76,87H,14-17,19,27-29,33-36,38-41,43,73H2,1-5H3,(H,78,95)(H,79,91)(H,80,90)(H,81,88)(H,82,89)(H,83,92)(H,84,94)(H,85,93)(H,97,98)(H3,74,77,99)/t46-,53-,54-,55+,56+,57-,58+,59-,60+,61+/m1/s1. The second-order valence-corrected chi connectivity index (χ2v) is 25.8. The number of carboxylic acids is 1. The van der Waals surface area contributed by atoms with Gasteiger partial charge in [0, 0.05) is 50.8 Å². The fourth-order valence-corrected chi connectivity index (χ4v) is 11.6. The molecule has 6 rings (SSSR count). The van der Waals surface area contributed by atoms with Crippen LogP contribution < -0.4 is 64.6 Å². The van der Waals surface area contributed by atoms with Crippen LogP contribution in [-0.2, 0) is 73.6 Å². The summed E-state index contributed by atoms with van der Waals surface area (Å²) in [6, 6.07) is 20.4. The number of aliphatic hydroxyl groups is 1. The zero-order chi connectivity index (χ0) is 72.0. The number of carbonyl (C=O) groups is 11. The van der Waals surface area contributed by atoms with Gasteiger partial charge in [0.15, 0.2) is 0 Å². The molecule has 11 amide bonds. The molecule has 0 bridgehead atoms. The van der Waals surface area contributed by atoms with Crippen LogP contribution in [0, 0.1) is 5.92 Å². The van der Waals surface area contributed by atoms with Crippen molar-refractivity contribution in [1.82, 2.24) is 63.1 Å². The molecule has 0 unspecified atom stereocenters. The van der Waals surface area contributed by atoms with E-state index in [4.69, 9.17) is 11.5 Å². The lowest BCUT2D eigenvalue weighted by Crippen LogP contribution is -2.61. The van der Waals surface area contributed by atoms with Crippen molar-refractivity contribution in [3.05, 3.63) is 150 Å². The van der Waals surface area contributed by atoms with Gasteiger partial charge in [-0.15, -0.1) is 0 Å². The SMILES string of the molecule is CC(C)C[C@H](NC(=O)[C@@H](CCCCNC(N)=O)NC(=O)[C@H](Cc1ccccc1)NC(=O)[C@H](CO)NC(=O)[C@@H](Cc1cccnc1)NC(=O)[C@@H](Cc1ccccc1)NC(=O)[C@H](N)Cc1ccc2ccccc2c1)C(=O)N[C@@H](CCCCNC(C)C)C(=O)N1CCC[C@H]1C(=O)N[C@H](C)C(=O)O. The molecule has 1 aliphatic rings. The molecular formula is C72H98N14O13. The number of aliphatic carboxylic acids is 1. The Morgan fingerprint density at radius 3 is 1.59 bits per heavy atom. The van der Waals surface area contributed by atoms with E-state index < -0.39 is 132 Å². The Kier molecular flexibility index (Phi) is 31.7. The Labute approximate surface area is 577 Å². The van der Waals surface area contributed by atoms with Crippen LogP contribution in [0.15, 0.2) is 128 Å². The zero-order valence-corrected chi connectivity index (χ0v) is 57.0. The van der Waals surface area contributed by atoms with Crippen molar-refractivity contribution in [2.75, 3.05) is 26.2 Å². The number of aliphatic hydroxyl groups excluding tert-OH is 1. The van der Waals surface area contributed by atoms with Crippen LogP contribution >= 0.6 is 0 Å². The summed E-state index contributed by atoms with van der Waals surface area (Å²) in [6.45, 7) is 8.82. The predicted octanol–water partition coefficient (Wildman–Crippen LogP) is 1.85. The third-order valence-corrected chi connectivity index (χ3v) is 16.9. The topological polar surface area (TPSA) is 417 Å². The highest BCUT2D eigenvalue weighted by Crippen LogP contribution is 2.22. The van der Waals surface area contributed by atoms with Gasteiger partial charge in [0.1, 0.15) is 54.4 Å². The van der Waals surface area contributed by atoms with E-state index in [1.165, 1.54) is 24.2 Å². The molecule has 2 heterocycles. The van der Waals surface area contributed by atoms with Crippen LogP contribution in [0.4, 0.5) is 4.79 Å². The van der Waals surface area contributed by atoms with Crippen molar-refractivity contribution < 1.29 is 63.0 Å². The first-order valence-corrected chi connectivity index (χ1v) is 33.9. The summed E-state index contributed by atoms with van der Waals surface area (Å²) in [4.78, 5) is 159. The summed E-state index contributed by atoms with van der Waals surface area (Å²) in [7, 11) is 0. The number of hydrogen-bond acceptors (Lipinski definition) is 15. The van der Waals surface area contributed by atoms with E-state index in [2.05, 4.69) is 58.2 Å². The molecule has 1 saturated heterocycles. The molecule has 0 aliphatic carbocycles. The number of aromatic nitrogens is 1. The van der Waals surface area contributed by atoms with Gasteiger partial charge < -0.3 is 79.7 Å². The Balaban J connectivity index is 1.22. The van der Waals surface area contributed by atoms with Crippen LogP contribution in [0.3, 0.4) is 0 Å². The summed E-state index contributed by atoms with van der Waals surface area (Å²) in [5, 5.41) is 49.8. The zero-order valence-electron chi connectivity index (χ0n) is 57.0. The van der Waals surface area contributed by atoms with Crippen molar-refractivity contribution in [3.63, 3.8) is 0 Å². The van der Waals surface area contributed by atoms with Crippen LogP contribution in [0.25, 0.3) is 10.8 Å². The highest BCUT2D eigenvalue weighted by atomic mass is 16.4. The van der Waals surface area contributed by atoms with Gasteiger partial charge in [-0.2, -0.15) is 0 Å². The van der Waals surface area contributed by atoms with Gasteiger partial charge in [0.05, 0.1) is 12.6 Å². The second-order valence-electron chi connectivity index (χ2n) is 25.8. The average molecular weight is 1370 g/mol. The maximum absolute atomic E-state index is 14.9. The van der Waals surface area contributed by atoms with Gasteiger partial charge in [0.25, 0.3) is 0 Å². The molecule has 27 heteroatoms. The molecule has 27 nitrogen and oxygen atoms in total. The number of carboxylic acid groups (broad SMARTS) is 1. The molecule has 534 valence electrons. The number of pyridine rings is 1. The molecule has 1 aliphatic heterocycles. The van der Waals surface area contributed by atoms with Gasteiger partial charge in [-0.05, 0) is 123 Å². The van der Waals surface area contributed by atoms with Crippen LogP contribution in [0.5, 0.6) is 0 Å². The third-order valence-electron chi connectivity index (χ3n) is 16.9. The second kappa shape index (κ2) is 40.1. The summed E-state index contributed by atoms with van der Waals surface area (Å²) >= 11 is 0. The Hall–Kier alpha value is -9.86. The van der Waals surface area contributed by atoms with E-state index in [1.807, 2.05) is 70.2 Å². The molecule has 4 aromatic carbocycles. The Morgan fingerprint density at radius 1 is 0.525 bits per heavy atom. The summed E-state index contributed by atoms with van der Waals surface area (Å²) < 4.78 is 0. The number of nitrogens with two attached hydrogens (primary N) is 2. The number of fused-ring (bicyclic) bond motifs is 1. The lowest BCUT2D eigenvalue weighted by atomic mass is 10.00. The maximum Gasteiger partial charge on any atom is 0.325 e. The van der Waals surface area contributed by atoms with E-state index >= 15 is 0 Å². The molecule has 1 aromatic heterocycles. The molecule has 5 aromatic rings. The number of nitrogens with zero attached hydrogens (tertiary/aromatic N) is 2. The fourth-order valence-electron chi connectivity index (χ4n) is 11.6. The van der Waals surface area contributed by atoms with Gasteiger partial charge in [-0.25, -0.2) is 4.79 Å². The minimum absolute atomic E-state index is 0.0133. The first-order valence-electron chi connectivity index (χ1n) is 33.9. The van der Waals surface area contributed by atoms with Gasteiger partial charge in [-0.3, -0.25) is 52.9 Å². The maximum atomic E-state index is 14.9. The molecule has 99 heavy (non-hydrogen) atoms. The number of carbonyl (C=O) groups excluding carboxylic acids is 10. The molecule has 0 spiro atoms. The van der Waals surface area contributed by atoms with Crippen molar-refractivity contribution >= 4 is 75.9 Å². The highest BCUT2D eigenvalue weighted by molar-refractivity contribution is 5.99. The molecule has 0 saturated carbocycles. The van der Waals surface area contributed by atoms with Crippen LogP contribution in [0.2, 0.25) is 0 Å². The van der Waals surface area contributed by atoms with Crippen molar-refractivity contribution in [2.45, 2.75) is 185 Å². The number of benzene rings is 4. The number of primary amides is 1. The number of rotatable bonds is 40. The van der Waals surface area contributed by atoms with E-state index in [-0.39, 0.29) is 89.3 Å². The van der Waals surface area contributed by atoms with E-state index in [1.54, 1.807) is 72.8 Å². The Bertz CT molecular complexity index is 3490. The lowest BCUT2D eigenvalue weighted by Gasteiger charge is -2.31. The molecular weight excluding hydrogens is 1270 g/mol. The normalized spacial score (nSPS) is 15.5. The Morgan fingerprint density at radius 2 is 1.02 bits per heavy atom. The van der Waals surface area contributed by atoms with Crippen molar-refractivity contribution in [3.8, 4) is 0 Å². The average Bonchev–Trinajstić information content (AvgIpc) is 1.79. The third kappa shape index (κ3) is 26.2. The van der Waals surface area contributed by atoms with Gasteiger partial charge >= 0.3 is 12.0 Å². The quantitative estimate of drug-likeness (QED) is 0.0249. The number of amides is 11. The van der Waals surface area contributed by atoms with Crippen LogP contribution in [0.1, 0.15) is 115 Å². The van der Waals surface area contributed by atoms with Gasteiger partial charge in [-0.1, -0.05) is 137 Å². The highest BCUT2D eigenvalue weighted by Gasteiger charge is 2.40. The minimum atomic E-state index is -1.75. The number of hydrogen-bond donors (Lipinski definition) is 14. The van der Waals surface area contributed by atoms with Crippen molar-refractivity contribution in [1.29, 1.82) is 0 Å². The minimum Gasteiger partial charge on any atom is -0.480 e. The first kappa shape index (κ1) is 78.1. The van der Waals surface area contributed by atoms with Crippen LogP contribution in [-0.4, -0.2) is 178 Å². The number of urea groups is 1. The molecule has 1 fully saturated rings. The lowest BCUT2D eigenvalue weighted by molar-refractivity contribution is -0.144.